The Morgan fingerprint density at radius 2 is 1.63 bits per heavy atom. The van der Waals surface area contributed by atoms with Gasteiger partial charge in [0.05, 0.1) is 19.9 Å². The number of benzene rings is 2. The number of nitrogens with zero attached hydrogens (tertiary/aromatic N) is 1. The zero-order valence-corrected chi connectivity index (χ0v) is 11.5. The molecule has 2 aromatic rings. The number of hydrogen-bond acceptors (Lipinski definition) is 3. The molecule has 0 atom stereocenters. The van der Waals surface area contributed by atoms with Crippen LogP contribution in [0.2, 0.25) is 0 Å². The summed E-state index contributed by atoms with van der Waals surface area (Å²) in [4.78, 5) is 4.35. The minimum atomic E-state index is 0.420. The Labute approximate surface area is 117 Å². The quantitative estimate of drug-likeness (QED) is 0.789. The summed E-state index contributed by atoms with van der Waals surface area (Å²) in [6, 6.07) is 14.8. The lowest BCUT2D eigenvalue weighted by molar-refractivity contribution is 0.414. The molecule has 0 radical (unpaired) electrons. The molecule has 0 aromatic heterocycles. The molecular weight excluding hydrogens is 262 g/mol. The van der Waals surface area contributed by atoms with Gasteiger partial charge in [-0.1, -0.05) is 23.7 Å². The molecule has 0 N–H and O–H groups in total. The fourth-order valence-electron chi connectivity index (χ4n) is 1.59. The molecule has 0 heterocycles. The maximum atomic E-state index is 6.21. The molecule has 0 aliphatic heterocycles. The Morgan fingerprint density at radius 1 is 0.947 bits per heavy atom. The first-order chi connectivity index (χ1) is 9.22. The number of hydrogen-bond donors (Lipinski definition) is 0. The van der Waals surface area contributed by atoms with Crippen molar-refractivity contribution in [2.45, 2.75) is 0 Å². The molecule has 0 bridgehead atoms. The van der Waals surface area contributed by atoms with Gasteiger partial charge in [0.1, 0.15) is 16.7 Å². The summed E-state index contributed by atoms with van der Waals surface area (Å²) in [5.74, 6) is 1.54. The summed E-state index contributed by atoms with van der Waals surface area (Å²) in [5, 5.41) is 0.420. The number of halogens is 1. The topological polar surface area (TPSA) is 30.8 Å². The molecule has 0 aliphatic rings. The van der Waals surface area contributed by atoms with E-state index in [1.807, 2.05) is 48.5 Å². The van der Waals surface area contributed by atoms with Crippen molar-refractivity contribution in [1.82, 2.24) is 0 Å². The second kappa shape index (κ2) is 6.25. The van der Waals surface area contributed by atoms with Crippen LogP contribution in [-0.2, 0) is 0 Å². The van der Waals surface area contributed by atoms with Crippen LogP contribution in [-0.4, -0.2) is 19.4 Å². The van der Waals surface area contributed by atoms with Crippen LogP contribution >= 0.6 is 11.6 Å². The molecule has 0 fully saturated rings. The highest BCUT2D eigenvalue weighted by Crippen LogP contribution is 2.21. The van der Waals surface area contributed by atoms with Crippen molar-refractivity contribution >= 4 is 22.5 Å². The van der Waals surface area contributed by atoms with Gasteiger partial charge in [-0.3, -0.25) is 0 Å². The first-order valence-electron chi connectivity index (χ1n) is 5.75. The summed E-state index contributed by atoms with van der Waals surface area (Å²) in [7, 11) is 3.25. The zero-order chi connectivity index (χ0) is 13.7. The minimum Gasteiger partial charge on any atom is -0.497 e. The normalized spacial score (nSPS) is 11.2. The van der Waals surface area contributed by atoms with Crippen molar-refractivity contribution in [1.29, 1.82) is 0 Å². The van der Waals surface area contributed by atoms with Crippen LogP contribution in [0.15, 0.2) is 53.5 Å². The maximum absolute atomic E-state index is 6.21. The van der Waals surface area contributed by atoms with Gasteiger partial charge in [0, 0.05) is 5.56 Å². The molecule has 2 aromatic carbocycles. The smallest absolute Gasteiger partial charge is 0.137 e. The van der Waals surface area contributed by atoms with Gasteiger partial charge in [0.2, 0.25) is 0 Å². The van der Waals surface area contributed by atoms with Crippen LogP contribution in [0.1, 0.15) is 5.56 Å². The summed E-state index contributed by atoms with van der Waals surface area (Å²) in [6.45, 7) is 0. The third-order valence-corrected chi connectivity index (χ3v) is 2.91. The third kappa shape index (κ3) is 3.48. The standard InChI is InChI=1S/C15H14ClNO2/c1-18-13-8-6-12(7-9-13)17-15(16)11-4-3-5-14(10-11)19-2/h3-10H,1-2H3. The third-order valence-electron chi connectivity index (χ3n) is 2.61. The van der Waals surface area contributed by atoms with Crippen LogP contribution < -0.4 is 9.47 Å². The lowest BCUT2D eigenvalue weighted by Crippen LogP contribution is -1.92. The maximum Gasteiger partial charge on any atom is 0.137 e. The molecule has 0 aliphatic carbocycles. The number of aliphatic imine (C=N–C) groups is 1. The van der Waals surface area contributed by atoms with Crippen molar-refractivity contribution < 1.29 is 9.47 Å². The molecule has 98 valence electrons. The molecule has 0 saturated heterocycles. The number of rotatable bonds is 4. The van der Waals surface area contributed by atoms with Crippen LogP contribution in [0, 0.1) is 0 Å². The predicted molar refractivity (Wildman–Crippen MR) is 78.0 cm³/mol. The summed E-state index contributed by atoms with van der Waals surface area (Å²) in [6.07, 6.45) is 0. The van der Waals surface area contributed by atoms with Crippen LogP contribution in [0.3, 0.4) is 0 Å². The van der Waals surface area contributed by atoms with Crippen molar-refractivity contribution in [2.24, 2.45) is 4.99 Å². The van der Waals surface area contributed by atoms with Gasteiger partial charge < -0.3 is 9.47 Å². The molecule has 3 nitrogen and oxygen atoms in total. The Hall–Kier alpha value is -2.00. The minimum absolute atomic E-state index is 0.420. The van der Waals surface area contributed by atoms with Gasteiger partial charge in [-0.15, -0.1) is 0 Å². The summed E-state index contributed by atoms with van der Waals surface area (Å²) in [5.41, 5.74) is 1.59. The number of ether oxygens (including phenoxy) is 2. The monoisotopic (exact) mass is 275 g/mol. The second-order valence-corrected chi connectivity index (χ2v) is 4.19. The number of methoxy groups -OCH3 is 2. The lowest BCUT2D eigenvalue weighted by atomic mass is 10.2. The highest BCUT2D eigenvalue weighted by molar-refractivity contribution is 6.69. The Bertz CT molecular complexity index is 579. The SMILES string of the molecule is COc1ccc(N=C(Cl)c2cccc(OC)c2)cc1. The van der Waals surface area contributed by atoms with Crippen molar-refractivity contribution in [3.05, 3.63) is 54.1 Å². The fraction of sp³-hybridized carbons (Fsp3) is 0.133. The van der Waals surface area contributed by atoms with E-state index in [1.54, 1.807) is 14.2 Å². The van der Waals surface area contributed by atoms with Crippen LogP contribution in [0.25, 0.3) is 0 Å². The first kappa shape index (κ1) is 13.4. The van der Waals surface area contributed by atoms with Gasteiger partial charge in [-0.05, 0) is 36.4 Å². The Balaban J connectivity index is 2.25. The molecule has 0 amide bonds. The van der Waals surface area contributed by atoms with Crippen molar-refractivity contribution in [3.63, 3.8) is 0 Å². The van der Waals surface area contributed by atoms with E-state index in [-0.39, 0.29) is 0 Å². The molecule has 0 saturated carbocycles. The average molecular weight is 276 g/mol. The lowest BCUT2D eigenvalue weighted by Gasteiger charge is -2.03. The average Bonchev–Trinajstić information content (AvgIpc) is 2.48. The summed E-state index contributed by atoms with van der Waals surface area (Å²) < 4.78 is 10.2. The van der Waals surface area contributed by atoms with Gasteiger partial charge in [-0.25, -0.2) is 4.99 Å². The highest BCUT2D eigenvalue weighted by Gasteiger charge is 2.02. The molecule has 19 heavy (non-hydrogen) atoms. The largest absolute Gasteiger partial charge is 0.497 e. The summed E-state index contributed by atoms with van der Waals surface area (Å²) >= 11 is 6.21. The Kier molecular flexibility index (Phi) is 4.42. The van der Waals surface area contributed by atoms with E-state index >= 15 is 0 Å². The Morgan fingerprint density at radius 3 is 2.26 bits per heavy atom. The van der Waals surface area contributed by atoms with Gasteiger partial charge in [0.25, 0.3) is 0 Å². The predicted octanol–water partition coefficient (Wildman–Crippen LogP) is 4.02. The zero-order valence-electron chi connectivity index (χ0n) is 10.8. The molecule has 4 heteroatoms. The van der Waals surface area contributed by atoms with E-state index in [0.29, 0.717) is 5.17 Å². The van der Waals surface area contributed by atoms with E-state index in [2.05, 4.69) is 4.99 Å². The van der Waals surface area contributed by atoms with E-state index in [9.17, 15) is 0 Å². The van der Waals surface area contributed by atoms with Gasteiger partial charge in [0.15, 0.2) is 0 Å². The molecule has 2 rings (SSSR count). The van der Waals surface area contributed by atoms with Crippen LogP contribution in [0.5, 0.6) is 11.5 Å². The van der Waals surface area contributed by atoms with E-state index < -0.39 is 0 Å². The van der Waals surface area contributed by atoms with E-state index in [1.165, 1.54) is 0 Å². The van der Waals surface area contributed by atoms with Crippen molar-refractivity contribution in [2.75, 3.05) is 14.2 Å². The second-order valence-electron chi connectivity index (χ2n) is 3.83. The van der Waals surface area contributed by atoms with Crippen LogP contribution in [0.4, 0.5) is 5.69 Å². The fourth-order valence-corrected chi connectivity index (χ4v) is 1.80. The van der Waals surface area contributed by atoms with Gasteiger partial charge >= 0.3 is 0 Å². The van der Waals surface area contributed by atoms with Gasteiger partial charge in [-0.2, -0.15) is 0 Å². The molecular formula is C15H14ClNO2. The molecule has 0 unspecified atom stereocenters. The van der Waals surface area contributed by atoms with E-state index in [4.69, 9.17) is 21.1 Å². The first-order valence-corrected chi connectivity index (χ1v) is 6.13. The molecule has 0 spiro atoms. The van der Waals surface area contributed by atoms with Crippen molar-refractivity contribution in [3.8, 4) is 11.5 Å². The highest BCUT2D eigenvalue weighted by atomic mass is 35.5. The van der Waals surface area contributed by atoms with E-state index in [0.717, 1.165) is 22.7 Å².